The van der Waals surface area contributed by atoms with E-state index in [-0.39, 0.29) is 0 Å². The second kappa shape index (κ2) is 8.32. The smallest absolute Gasteiger partial charge is 0.266 e. The van der Waals surface area contributed by atoms with Gasteiger partial charge in [-0.25, -0.2) is 13.8 Å². The number of anilines is 1. The third kappa shape index (κ3) is 4.20. The van der Waals surface area contributed by atoms with Gasteiger partial charge in [-0.1, -0.05) is 23.5 Å². The van der Waals surface area contributed by atoms with Crippen molar-refractivity contribution >= 4 is 32.6 Å². The lowest BCUT2D eigenvalue weighted by Crippen LogP contribution is -2.34. The molecular weight excluding hydrogens is 380 g/mol. The van der Waals surface area contributed by atoms with Gasteiger partial charge in [0, 0.05) is 6.54 Å². The number of carbonyl (C=O) groups is 1. The molecule has 0 fully saturated rings. The number of hydrogen-bond donors (Lipinski definition) is 0. The van der Waals surface area contributed by atoms with Crippen molar-refractivity contribution in [2.75, 3.05) is 32.1 Å². The molecule has 148 valence electrons. The Labute approximate surface area is 167 Å². The summed E-state index contributed by atoms with van der Waals surface area (Å²) in [4.78, 5) is 21.1. The van der Waals surface area contributed by atoms with Crippen molar-refractivity contribution in [3.8, 4) is 0 Å². The van der Waals surface area contributed by atoms with Crippen LogP contribution in [0.2, 0.25) is 0 Å². The van der Waals surface area contributed by atoms with Crippen LogP contribution in [0.1, 0.15) is 27.9 Å². The molecule has 3 rings (SSSR count). The highest BCUT2D eigenvalue weighted by Crippen LogP contribution is 2.33. The monoisotopic (exact) mass is 403 g/mol. The van der Waals surface area contributed by atoms with Crippen LogP contribution in [0.3, 0.4) is 0 Å². The van der Waals surface area contributed by atoms with E-state index in [0.717, 1.165) is 40.0 Å². The van der Waals surface area contributed by atoms with Gasteiger partial charge < -0.3 is 4.90 Å². The molecule has 0 spiro atoms. The standard InChI is InChI=1S/C21H23F2N3OS/c1-13-11-14(2)19-17(12-13)28-21(24-19)26(10-6-9-25(3)4)20(27)18-15(22)7-5-8-16(18)23/h5,7-8,11-12H,6,9-10H2,1-4H3. The first-order valence-electron chi connectivity index (χ1n) is 9.06. The zero-order chi connectivity index (χ0) is 20.4. The Morgan fingerprint density at radius 2 is 1.79 bits per heavy atom. The Morgan fingerprint density at radius 3 is 2.43 bits per heavy atom. The van der Waals surface area contributed by atoms with Crippen LogP contribution in [0.4, 0.5) is 13.9 Å². The van der Waals surface area contributed by atoms with Gasteiger partial charge in [0.1, 0.15) is 17.2 Å². The van der Waals surface area contributed by atoms with E-state index in [9.17, 15) is 13.6 Å². The molecule has 3 aromatic rings. The number of rotatable bonds is 6. The summed E-state index contributed by atoms with van der Waals surface area (Å²) in [7, 11) is 3.87. The summed E-state index contributed by atoms with van der Waals surface area (Å²) < 4.78 is 29.4. The van der Waals surface area contributed by atoms with E-state index in [1.165, 1.54) is 22.3 Å². The van der Waals surface area contributed by atoms with E-state index in [1.807, 2.05) is 45.0 Å². The lowest BCUT2D eigenvalue weighted by Gasteiger charge is -2.21. The van der Waals surface area contributed by atoms with Crippen molar-refractivity contribution < 1.29 is 13.6 Å². The molecule has 1 amide bonds. The van der Waals surface area contributed by atoms with Crippen LogP contribution in [0.25, 0.3) is 10.2 Å². The number of fused-ring (bicyclic) bond motifs is 1. The summed E-state index contributed by atoms with van der Waals surface area (Å²) in [6.07, 6.45) is 0.656. The Morgan fingerprint density at radius 1 is 1.11 bits per heavy atom. The third-order valence-corrected chi connectivity index (χ3v) is 5.48. The van der Waals surface area contributed by atoms with E-state index in [4.69, 9.17) is 0 Å². The predicted octanol–water partition coefficient (Wildman–Crippen LogP) is 4.79. The zero-order valence-corrected chi connectivity index (χ0v) is 17.2. The summed E-state index contributed by atoms with van der Waals surface area (Å²) in [5.41, 5.74) is 2.38. The maximum atomic E-state index is 14.2. The number of nitrogens with zero attached hydrogens (tertiary/aromatic N) is 3. The van der Waals surface area contributed by atoms with E-state index < -0.39 is 23.1 Å². The van der Waals surface area contributed by atoms with Crippen molar-refractivity contribution in [1.29, 1.82) is 0 Å². The van der Waals surface area contributed by atoms with Crippen LogP contribution in [-0.4, -0.2) is 43.0 Å². The van der Waals surface area contributed by atoms with Crippen LogP contribution >= 0.6 is 11.3 Å². The summed E-state index contributed by atoms with van der Waals surface area (Å²) in [5.74, 6) is -2.44. The Kier molecular flexibility index (Phi) is 6.05. The normalized spacial score (nSPS) is 11.4. The van der Waals surface area contributed by atoms with Gasteiger partial charge in [-0.15, -0.1) is 0 Å². The minimum absolute atomic E-state index is 0.322. The van der Waals surface area contributed by atoms with Gasteiger partial charge in [-0.05, 0) is 70.2 Å². The number of aryl methyl sites for hydroxylation is 2. The first-order valence-corrected chi connectivity index (χ1v) is 9.88. The van der Waals surface area contributed by atoms with E-state index >= 15 is 0 Å². The van der Waals surface area contributed by atoms with Gasteiger partial charge in [-0.3, -0.25) is 9.69 Å². The minimum Gasteiger partial charge on any atom is -0.309 e. The quantitative estimate of drug-likeness (QED) is 0.594. The molecule has 7 heteroatoms. The van der Waals surface area contributed by atoms with Crippen LogP contribution in [-0.2, 0) is 0 Å². The molecule has 1 aromatic heterocycles. The molecule has 0 N–H and O–H groups in total. The van der Waals surface area contributed by atoms with E-state index in [0.29, 0.717) is 18.1 Å². The first-order chi connectivity index (χ1) is 13.3. The maximum absolute atomic E-state index is 14.2. The fourth-order valence-corrected chi connectivity index (χ4v) is 4.31. The molecule has 0 atom stereocenters. The highest BCUT2D eigenvalue weighted by atomic mass is 32.1. The summed E-state index contributed by atoms with van der Waals surface area (Å²) in [6.45, 7) is 5.03. The fraction of sp³-hybridized carbons (Fsp3) is 0.333. The second-order valence-corrected chi connectivity index (χ2v) is 8.14. The van der Waals surface area contributed by atoms with Gasteiger partial charge >= 0.3 is 0 Å². The Balaban J connectivity index is 2.04. The molecule has 28 heavy (non-hydrogen) atoms. The summed E-state index contributed by atoms with van der Waals surface area (Å²) in [5, 5.41) is 0.454. The van der Waals surface area contributed by atoms with E-state index in [2.05, 4.69) is 4.98 Å². The van der Waals surface area contributed by atoms with Gasteiger partial charge in [-0.2, -0.15) is 0 Å². The van der Waals surface area contributed by atoms with Gasteiger partial charge in [0.2, 0.25) is 0 Å². The number of amides is 1. The minimum atomic E-state index is -0.865. The van der Waals surface area contributed by atoms with Crippen molar-refractivity contribution in [3.63, 3.8) is 0 Å². The van der Waals surface area contributed by atoms with Crippen LogP contribution in [0.5, 0.6) is 0 Å². The molecule has 0 unspecified atom stereocenters. The number of carbonyl (C=O) groups excluding carboxylic acids is 1. The number of halogens is 2. The average Bonchev–Trinajstić information content (AvgIpc) is 3.02. The van der Waals surface area contributed by atoms with Crippen molar-refractivity contribution in [2.45, 2.75) is 20.3 Å². The molecule has 1 heterocycles. The van der Waals surface area contributed by atoms with Crippen molar-refractivity contribution in [2.24, 2.45) is 0 Å². The SMILES string of the molecule is Cc1cc(C)c2nc(N(CCCN(C)C)C(=O)c3c(F)cccc3F)sc2c1. The molecular formula is C21H23F2N3OS. The maximum Gasteiger partial charge on any atom is 0.266 e. The second-order valence-electron chi connectivity index (χ2n) is 7.14. The Hall–Kier alpha value is -2.38. The molecule has 0 aliphatic carbocycles. The van der Waals surface area contributed by atoms with Crippen LogP contribution < -0.4 is 4.90 Å². The molecule has 0 saturated heterocycles. The third-order valence-electron chi connectivity index (χ3n) is 4.46. The van der Waals surface area contributed by atoms with Gasteiger partial charge in [0.25, 0.3) is 5.91 Å². The molecule has 0 radical (unpaired) electrons. The van der Waals surface area contributed by atoms with Gasteiger partial charge in [0.15, 0.2) is 5.13 Å². The molecule has 0 aliphatic heterocycles. The molecule has 0 saturated carbocycles. The lowest BCUT2D eigenvalue weighted by molar-refractivity contribution is 0.0978. The largest absolute Gasteiger partial charge is 0.309 e. The number of aromatic nitrogens is 1. The van der Waals surface area contributed by atoms with Crippen LogP contribution in [0, 0.1) is 25.5 Å². The predicted molar refractivity (Wildman–Crippen MR) is 110 cm³/mol. The van der Waals surface area contributed by atoms with Crippen molar-refractivity contribution in [1.82, 2.24) is 9.88 Å². The highest BCUT2D eigenvalue weighted by Gasteiger charge is 2.26. The fourth-order valence-electron chi connectivity index (χ4n) is 3.14. The average molecular weight is 403 g/mol. The number of thiazole rings is 1. The van der Waals surface area contributed by atoms with Crippen LogP contribution in [0.15, 0.2) is 30.3 Å². The number of benzene rings is 2. The summed E-state index contributed by atoms with van der Waals surface area (Å²) >= 11 is 1.36. The lowest BCUT2D eigenvalue weighted by atomic mass is 10.1. The van der Waals surface area contributed by atoms with Crippen molar-refractivity contribution in [3.05, 3.63) is 58.7 Å². The first kappa shape index (κ1) is 20.4. The van der Waals surface area contributed by atoms with Gasteiger partial charge in [0.05, 0.1) is 10.2 Å². The topological polar surface area (TPSA) is 36.4 Å². The van der Waals surface area contributed by atoms with E-state index in [1.54, 1.807) is 0 Å². The zero-order valence-electron chi connectivity index (χ0n) is 16.4. The molecule has 4 nitrogen and oxygen atoms in total. The molecule has 0 bridgehead atoms. The molecule has 2 aromatic carbocycles. The number of hydrogen-bond acceptors (Lipinski definition) is 4. The molecule has 0 aliphatic rings. The Bertz CT molecular complexity index is 996. The summed E-state index contributed by atoms with van der Waals surface area (Å²) in [6, 6.07) is 7.48. The highest BCUT2D eigenvalue weighted by molar-refractivity contribution is 7.22.